The second-order valence-electron chi connectivity index (χ2n) is 5.85. The Kier molecular flexibility index (Phi) is 5.13. The molecule has 1 aromatic rings. The maximum absolute atomic E-state index is 13.1. The summed E-state index contributed by atoms with van der Waals surface area (Å²) in [6.45, 7) is 4.93. The monoisotopic (exact) mass is 343 g/mol. The molecule has 0 radical (unpaired) electrons. The van der Waals surface area contributed by atoms with Crippen LogP contribution in [0.4, 0.5) is 23.2 Å². The molecular weight excluding hydrogens is 326 g/mol. The second kappa shape index (κ2) is 6.04. The molecule has 0 aromatic heterocycles. The highest BCUT2D eigenvalue weighted by Crippen LogP contribution is 2.35. The lowest BCUT2D eigenvalue weighted by atomic mass is 9.89. The Morgan fingerprint density at radius 2 is 1.77 bits per heavy atom. The minimum Gasteiger partial charge on any atom is -0.391 e. The number of halogens is 4. The summed E-state index contributed by atoms with van der Waals surface area (Å²) in [5, 5.41) is 12.3. The van der Waals surface area contributed by atoms with E-state index in [1.807, 2.05) is 0 Å². The van der Waals surface area contributed by atoms with Gasteiger partial charge in [0.15, 0.2) is 0 Å². The molecule has 1 atom stereocenters. The fraction of sp³-hybridized carbons (Fsp3) is 0.538. The first-order valence-corrected chi connectivity index (χ1v) is 7.78. The Morgan fingerprint density at radius 3 is 2.23 bits per heavy atom. The van der Waals surface area contributed by atoms with Gasteiger partial charge in [-0.25, -0.2) is 12.8 Å². The molecule has 0 aliphatic rings. The molecule has 1 rings (SSSR count). The van der Waals surface area contributed by atoms with Gasteiger partial charge in [-0.2, -0.15) is 13.2 Å². The summed E-state index contributed by atoms with van der Waals surface area (Å²) in [6.07, 6.45) is -0.945. The van der Waals surface area contributed by atoms with Crippen molar-refractivity contribution in [1.82, 2.24) is 0 Å². The van der Waals surface area contributed by atoms with Gasteiger partial charge in [0.1, 0.15) is 10.7 Å². The van der Waals surface area contributed by atoms with Crippen LogP contribution >= 0.6 is 0 Å². The Bertz CT molecular complexity index is 636. The van der Waals surface area contributed by atoms with Crippen molar-refractivity contribution in [2.45, 2.75) is 37.3 Å². The predicted octanol–water partition coefficient (Wildman–Crippen LogP) is 2.94. The third kappa shape index (κ3) is 4.10. The number of aliphatic hydroxyl groups is 1. The minimum absolute atomic E-state index is 0.185. The van der Waals surface area contributed by atoms with Gasteiger partial charge >= 0.3 is 5.51 Å². The van der Waals surface area contributed by atoms with E-state index in [4.69, 9.17) is 0 Å². The summed E-state index contributed by atoms with van der Waals surface area (Å²) < 4.78 is 74.0. The smallest absolute Gasteiger partial charge is 0.391 e. The second-order valence-corrected chi connectivity index (χ2v) is 7.76. The number of sulfone groups is 1. The van der Waals surface area contributed by atoms with E-state index < -0.39 is 43.3 Å². The molecule has 126 valence electrons. The molecule has 2 N–H and O–H groups in total. The zero-order valence-corrected chi connectivity index (χ0v) is 13.0. The molecule has 0 spiro atoms. The maximum atomic E-state index is 13.1. The topological polar surface area (TPSA) is 66.4 Å². The number of benzene rings is 1. The van der Waals surface area contributed by atoms with E-state index in [0.29, 0.717) is 6.07 Å². The van der Waals surface area contributed by atoms with Crippen LogP contribution in [0.5, 0.6) is 0 Å². The van der Waals surface area contributed by atoms with Gasteiger partial charge < -0.3 is 10.4 Å². The van der Waals surface area contributed by atoms with E-state index in [0.717, 1.165) is 12.1 Å². The highest BCUT2D eigenvalue weighted by Gasteiger charge is 2.48. The van der Waals surface area contributed by atoms with Gasteiger partial charge in [0.05, 0.1) is 11.8 Å². The quantitative estimate of drug-likeness (QED) is 0.825. The van der Waals surface area contributed by atoms with E-state index in [2.05, 4.69) is 5.32 Å². The number of anilines is 1. The SMILES string of the molecule is CC(C)(C)C(O)CNc1ccc(F)cc1S(=O)(=O)C(F)(F)F. The lowest BCUT2D eigenvalue weighted by Crippen LogP contribution is -2.33. The normalized spacial score (nSPS) is 14.7. The molecule has 0 aliphatic heterocycles. The van der Waals surface area contributed by atoms with Gasteiger partial charge in [0.25, 0.3) is 9.84 Å². The number of hydrogen-bond acceptors (Lipinski definition) is 4. The van der Waals surface area contributed by atoms with Crippen LogP contribution in [0.15, 0.2) is 23.1 Å². The predicted molar refractivity (Wildman–Crippen MR) is 73.6 cm³/mol. The van der Waals surface area contributed by atoms with Crippen molar-refractivity contribution in [2.75, 3.05) is 11.9 Å². The molecule has 0 aliphatic carbocycles. The Hall–Kier alpha value is -1.35. The van der Waals surface area contributed by atoms with Crippen molar-refractivity contribution in [3.8, 4) is 0 Å². The number of rotatable bonds is 4. The zero-order chi connectivity index (χ0) is 17.3. The maximum Gasteiger partial charge on any atom is 0.501 e. The fourth-order valence-electron chi connectivity index (χ4n) is 1.50. The van der Waals surface area contributed by atoms with Crippen LogP contribution in [0, 0.1) is 11.2 Å². The molecule has 0 saturated heterocycles. The van der Waals surface area contributed by atoms with Gasteiger partial charge in [-0.3, -0.25) is 0 Å². The fourth-order valence-corrected chi connectivity index (χ4v) is 2.45. The van der Waals surface area contributed by atoms with Crippen LogP contribution in [0.1, 0.15) is 20.8 Å². The van der Waals surface area contributed by atoms with E-state index in [1.54, 1.807) is 20.8 Å². The lowest BCUT2D eigenvalue weighted by molar-refractivity contribution is -0.0435. The molecule has 0 fully saturated rings. The number of alkyl halides is 3. The van der Waals surface area contributed by atoms with E-state index in [9.17, 15) is 31.1 Å². The highest BCUT2D eigenvalue weighted by atomic mass is 32.2. The Labute approximate surface area is 126 Å². The summed E-state index contributed by atoms with van der Waals surface area (Å²) in [4.78, 5) is -1.21. The molecule has 0 heterocycles. The van der Waals surface area contributed by atoms with Crippen molar-refractivity contribution < 1.29 is 31.1 Å². The van der Waals surface area contributed by atoms with E-state index >= 15 is 0 Å². The first-order valence-electron chi connectivity index (χ1n) is 6.29. The molecule has 0 amide bonds. The first-order chi connectivity index (χ1) is 9.76. The van der Waals surface area contributed by atoms with E-state index in [1.165, 1.54) is 0 Å². The van der Waals surface area contributed by atoms with Gasteiger partial charge in [0.2, 0.25) is 0 Å². The Morgan fingerprint density at radius 1 is 1.23 bits per heavy atom. The molecular formula is C13H17F4NO3S. The summed E-state index contributed by atoms with van der Waals surface area (Å²) in [5.41, 5.74) is -6.52. The van der Waals surface area contributed by atoms with Crippen LogP contribution in [-0.2, 0) is 9.84 Å². The standard InChI is InChI=1S/C13H17F4NO3S/c1-12(2,3)11(19)7-18-9-5-4-8(14)6-10(9)22(20,21)13(15,16)17/h4-6,11,18-19H,7H2,1-3H3. The molecule has 9 heteroatoms. The van der Waals surface area contributed by atoms with Crippen LogP contribution in [0.2, 0.25) is 0 Å². The highest BCUT2D eigenvalue weighted by molar-refractivity contribution is 7.92. The third-order valence-electron chi connectivity index (χ3n) is 3.02. The number of hydrogen-bond donors (Lipinski definition) is 2. The lowest BCUT2D eigenvalue weighted by Gasteiger charge is -2.26. The van der Waals surface area contributed by atoms with Crippen molar-refractivity contribution in [1.29, 1.82) is 0 Å². The van der Waals surface area contributed by atoms with Crippen molar-refractivity contribution in [3.05, 3.63) is 24.0 Å². The van der Waals surface area contributed by atoms with Crippen LogP contribution in [0.25, 0.3) is 0 Å². The summed E-state index contributed by atoms with van der Waals surface area (Å²) in [5.74, 6) is -1.11. The van der Waals surface area contributed by atoms with Crippen molar-refractivity contribution in [3.63, 3.8) is 0 Å². The number of nitrogens with one attached hydrogen (secondary N) is 1. The molecule has 4 nitrogen and oxygen atoms in total. The van der Waals surface area contributed by atoms with Gasteiger partial charge in [-0.1, -0.05) is 20.8 Å². The summed E-state index contributed by atoms with van der Waals surface area (Å²) in [7, 11) is -5.70. The van der Waals surface area contributed by atoms with Crippen LogP contribution in [-0.4, -0.2) is 31.7 Å². The Balaban J connectivity index is 3.19. The van der Waals surface area contributed by atoms with Gasteiger partial charge in [-0.15, -0.1) is 0 Å². The van der Waals surface area contributed by atoms with Crippen LogP contribution < -0.4 is 5.32 Å². The first kappa shape index (κ1) is 18.7. The molecule has 0 bridgehead atoms. The molecule has 22 heavy (non-hydrogen) atoms. The molecule has 1 aromatic carbocycles. The largest absolute Gasteiger partial charge is 0.501 e. The third-order valence-corrected chi connectivity index (χ3v) is 4.55. The molecule has 1 unspecified atom stereocenters. The summed E-state index contributed by atoms with van der Waals surface area (Å²) >= 11 is 0. The zero-order valence-electron chi connectivity index (χ0n) is 12.2. The van der Waals surface area contributed by atoms with Gasteiger partial charge in [0, 0.05) is 6.54 Å². The van der Waals surface area contributed by atoms with Crippen LogP contribution in [0.3, 0.4) is 0 Å². The molecule has 0 saturated carbocycles. The van der Waals surface area contributed by atoms with Gasteiger partial charge in [-0.05, 0) is 23.6 Å². The van der Waals surface area contributed by atoms with E-state index in [-0.39, 0.29) is 6.54 Å². The average molecular weight is 343 g/mol. The minimum atomic E-state index is -5.70. The number of aliphatic hydroxyl groups excluding tert-OH is 1. The van der Waals surface area contributed by atoms with Crippen molar-refractivity contribution in [2.24, 2.45) is 5.41 Å². The van der Waals surface area contributed by atoms with Crippen molar-refractivity contribution >= 4 is 15.5 Å². The average Bonchev–Trinajstić information content (AvgIpc) is 2.34. The summed E-state index contributed by atoms with van der Waals surface area (Å²) in [6, 6.07) is 2.03.